The van der Waals surface area contributed by atoms with Gasteiger partial charge in [0.15, 0.2) is 0 Å². The van der Waals surface area contributed by atoms with Crippen molar-refractivity contribution in [2.75, 3.05) is 0 Å². The number of halogens is 1. The average molecular weight is 240 g/mol. The summed E-state index contributed by atoms with van der Waals surface area (Å²) in [5.74, 6) is 0.262. The first-order chi connectivity index (χ1) is 8.61. The number of rotatable bonds is 3. The van der Waals surface area contributed by atoms with Crippen LogP contribution in [0.2, 0.25) is 0 Å². The second-order valence-corrected chi connectivity index (χ2v) is 4.72. The van der Waals surface area contributed by atoms with E-state index in [2.05, 4.69) is 32.6 Å². The molecule has 92 valence electrons. The summed E-state index contributed by atoms with van der Waals surface area (Å²) >= 11 is 0. The van der Waals surface area contributed by atoms with Gasteiger partial charge in [0.05, 0.1) is 0 Å². The summed E-state index contributed by atoms with van der Waals surface area (Å²) in [6.07, 6.45) is 1.55. The minimum Gasteiger partial charge on any atom is -0.206 e. The molecule has 0 spiro atoms. The Kier molecular flexibility index (Phi) is 3.61. The van der Waals surface area contributed by atoms with Crippen LogP contribution in [0.3, 0.4) is 0 Å². The maximum atomic E-state index is 13.4. The highest BCUT2D eigenvalue weighted by atomic mass is 19.1. The quantitative estimate of drug-likeness (QED) is 0.686. The second kappa shape index (κ2) is 5.18. The lowest BCUT2D eigenvalue weighted by molar-refractivity contribution is 0.625. The van der Waals surface area contributed by atoms with E-state index in [0.717, 1.165) is 11.1 Å². The van der Waals surface area contributed by atoms with Gasteiger partial charge in [-0.1, -0.05) is 56.8 Å². The Morgan fingerprint density at radius 1 is 1.06 bits per heavy atom. The third-order valence-corrected chi connectivity index (χ3v) is 3.10. The highest BCUT2D eigenvalue weighted by molar-refractivity contribution is 5.68. The average Bonchev–Trinajstić information content (AvgIpc) is 2.39. The molecule has 0 bridgehead atoms. The van der Waals surface area contributed by atoms with Gasteiger partial charge in [-0.3, -0.25) is 0 Å². The fraction of sp³-hybridized carbons (Fsp3) is 0.176. The predicted molar refractivity (Wildman–Crippen MR) is 76.0 cm³/mol. The van der Waals surface area contributed by atoms with Gasteiger partial charge in [-0.05, 0) is 34.7 Å². The fourth-order valence-corrected chi connectivity index (χ4v) is 1.96. The zero-order valence-electron chi connectivity index (χ0n) is 10.8. The lowest BCUT2D eigenvalue weighted by atomic mass is 9.96. The van der Waals surface area contributed by atoms with Crippen molar-refractivity contribution in [1.82, 2.24) is 0 Å². The van der Waals surface area contributed by atoms with Crippen molar-refractivity contribution >= 4 is 6.08 Å². The molecule has 0 aliphatic heterocycles. The van der Waals surface area contributed by atoms with Crippen LogP contribution >= 0.6 is 0 Å². The van der Waals surface area contributed by atoms with Crippen LogP contribution in [-0.4, -0.2) is 0 Å². The van der Waals surface area contributed by atoms with Gasteiger partial charge in [0.1, 0.15) is 5.82 Å². The van der Waals surface area contributed by atoms with Crippen molar-refractivity contribution in [3.63, 3.8) is 0 Å². The molecule has 0 nitrogen and oxygen atoms in total. The van der Waals surface area contributed by atoms with Crippen LogP contribution in [0.1, 0.15) is 30.9 Å². The Balaban J connectivity index is 2.48. The molecule has 2 aromatic rings. The van der Waals surface area contributed by atoms with Gasteiger partial charge < -0.3 is 0 Å². The van der Waals surface area contributed by atoms with Crippen LogP contribution < -0.4 is 0 Å². The minimum absolute atomic E-state index is 0.228. The monoisotopic (exact) mass is 240 g/mol. The molecule has 0 N–H and O–H groups in total. The van der Waals surface area contributed by atoms with Crippen LogP contribution in [0.4, 0.5) is 4.39 Å². The zero-order chi connectivity index (χ0) is 13.1. The third-order valence-electron chi connectivity index (χ3n) is 3.10. The summed E-state index contributed by atoms with van der Waals surface area (Å²) in [5, 5.41) is 0. The lowest BCUT2D eigenvalue weighted by Gasteiger charge is -2.09. The zero-order valence-corrected chi connectivity index (χ0v) is 10.8. The molecule has 0 amide bonds. The highest BCUT2D eigenvalue weighted by Gasteiger charge is 2.05. The number of hydrogen-bond donors (Lipinski definition) is 0. The molecule has 0 aromatic heterocycles. The van der Waals surface area contributed by atoms with Gasteiger partial charge >= 0.3 is 0 Å². The molecule has 0 fully saturated rings. The van der Waals surface area contributed by atoms with Crippen molar-refractivity contribution in [3.05, 3.63) is 66.0 Å². The molecular weight excluding hydrogens is 223 g/mol. The molecule has 0 atom stereocenters. The lowest BCUT2D eigenvalue weighted by Crippen LogP contribution is -1.89. The minimum atomic E-state index is -0.228. The van der Waals surface area contributed by atoms with Crippen LogP contribution in [0, 0.1) is 5.82 Å². The van der Waals surface area contributed by atoms with Crippen LogP contribution in [0.5, 0.6) is 0 Å². The molecule has 0 unspecified atom stereocenters. The first-order valence-corrected chi connectivity index (χ1v) is 6.14. The largest absolute Gasteiger partial charge is 0.206 e. The van der Waals surface area contributed by atoms with Crippen molar-refractivity contribution in [2.45, 2.75) is 19.8 Å². The Bertz CT molecular complexity index is 568. The van der Waals surface area contributed by atoms with E-state index >= 15 is 0 Å². The Morgan fingerprint density at radius 3 is 2.44 bits per heavy atom. The SMILES string of the molecule is C=Cc1cc(-c2cccc(C(C)C)c2)ccc1F. The van der Waals surface area contributed by atoms with E-state index in [4.69, 9.17) is 0 Å². The molecule has 0 radical (unpaired) electrons. The van der Waals surface area contributed by atoms with E-state index < -0.39 is 0 Å². The van der Waals surface area contributed by atoms with E-state index in [0.29, 0.717) is 11.5 Å². The molecule has 2 rings (SSSR count). The summed E-state index contributed by atoms with van der Waals surface area (Å²) in [6, 6.07) is 13.5. The van der Waals surface area contributed by atoms with Crippen LogP contribution in [0.15, 0.2) is 49.0 Å². The molecule has 18 heavy (non-hydrogen) atoms. The van der Waals surface area contributed by atoms with E-state index in [1.807, 2.05) is 24.3 Å². The van der Waals surface area contributed by atoms with E-state index in [9.17, 15) is 4.39 Å². The fourth-order valence-electron chi connectivity index (χ4n) is 1.96. The normalized spacial score (nSPS) is 10.7. The summed E-state index contributed by atoms with van der Waals surface area (Å²) in [7, 11) is 0. The molecule has 2 aromatic carbocycles. The standard InChI is InChI=1S/C17H17F/c1-4-13-10-16(8-9-17(13)18)15-7-5-6-14(11-15)12(2)3/h4-12H,1H2,2-3H3. The van der Waals surface area contributed by atoms with Gasteiger partial charge in [0, 0.05) is 5.56 Å². The topological polar surface area (TPSA) is 0 Å². The van der Waals surface area contributed by atoms with Gasteiger partial charge in [-0.25, -0.2) is 4.39 Å². The van der Waals surface area contributed by atoms with E-state index in [1.165, 1.54) is 11.6 Å². The third kappa shape index (κ3) is 2.51. The van der Waals surface area contributed by atoms with Crippen molar-refractivity contribution < 1.29 is 4.39 Å². The Hall–Kier alpha value is -1.89. The summed E-state index contributed by atoms with van der Waals surface area (Å²) < 4.78 is 13.4. The summed E-state index contributed by atoms with van der Waals surface area (Å²) in [6.45, 7) is 7.96. The Labute approximate surface area is 108 Å². The first kappa shape index (κ1) is 12.6. The maximum absolute atomic E-state index is 13.4. The van der Waals surface area contributed by atoms with Crippen LogP contribution in [0.25, 0.3) is 17.2 Å². The van der Waals surface area contributed by atoms with Gasteiger partial charge in [-0.2, -0.15) is 0 Å². The maximum Gasteiger partial charge on any atom is 0.130 e. The van der Waals surface area contributed by atoms with E-state index in [1.54, 1.807) is 6.08 Å². The number of hydrogen-bond acceptors (Lipinski definition) is 0. The second-order valence-electron chi connectivity index (χ2n) is 4.72. The Morgan fingerprint density at radius 2 is 1.78 bits per heavy atom. The first-order valence-electron chi connectivity index (χ1n) is 6.14. The van der Waals surface area contributed by atoms with Crippen molar-refractivity contribution in [2.24, 2.45) is 0 Å². The smallest absolute Gasteiger partial charge is 0.130 e. The van der Waals surface area contributed by atoms with E-state index in [-0.39, 0.29) is 5.82 Å². The molecule has 0 heterocycles. The van der Waals surface area contributed by atoms with Gasteiger partial charge in [0.25, 0.3) is 0 Å². The summed E-state index contributed by atoms with van der Waals surface area (Å²) in [5.41, 5.74) is 3.97. The van der Waals surface area contributed by atoms with Crippen LogP contribution in [-0.2, 0) is 0 Å². The number of benzene rings is 2. The van der Waals surface area contributed by atoms with Gasteiger partial charge in [0.2, 0.25) is 0 Å². The molecule has 0 aliphatic carbocycles. The molecule has 1 heteroatoms. The molecular formula is C17H17F. The molecule has 0 saturated carbocycles. The molecule has 0 aliphatic rings. The van der Waals surface area contributed by atoms with Crippen molar-refractivity contribution in [3.8, 4) is 11.1 Å². The van der Waals surface area contributed by atoms with Crippen molar-refractivity contribution in [1.29, 1.82) is 0 Å². The summed E-state index contributed by atoms with van der Waals surface area (Å²) in [4.78, 5) is 0. The predicted octanol–water partition coefficient (Wildman–Crippen LogP) is 5.26. The highest BCUT2D eigenvalue weighted by Crippen LogP contribution is 2.26. The molecule has 0 saturated heterocycles. The van der Waals surface area contributed by atoms with Gasteiger partial charge in [-0.15, -0.1) is 0 Å².